The number of hydrogen-bond donors (Lipinski definition) is 0. The number of pyridine rings is 1. The van der Waals surface area contributed by atoms with Crippen molar-refractivity contribution in [1.29, 1.82) is 0 Å². The molecule has 0 unspecified atom stereocenters. The number of benzene rings is 1. The van der Waals surface area contributed by atoms with Gasteiger partial charge in [-0.15, -0.1) is 0 Å². The summed E-state index contributed by atoms with van der Waals surface area (Å²) in [6.07, 6.45) is 3.75. The van der Waals surface area contributed by atoms with Gasteiger partial charge in [-0.3, -0.25) is 4.98 Å². The van der Waals surface area contributed by atoms with E-state index in [1.54, 1.807) is 0 Å². The van der Waals surface area contributed by atoms with Gasteiger partial charge in [0, 0.05) is 17.8 Å². The molecule has 1 nitrogen and oxygen atoms in total. The van der Waals surface area contributed by atoms with E-state index in [0.29, 0.717) is 0 Å². The number of aryl methyl sites for hydroxylation is 2. The van der Waals surface area contributed by atoms with Gasteiger partial charge in [-0.25, -0.2) is 0 Å². The molecule has 0 aliphatic carbocycles. The lowest BCUT2D eigenvalue weighted by atomic mass is 10.0. The first-order valence-corrected chi connectivity index (χ1v) is 4.08. The zero-order valence-corrected chi connectivity index (χ0v) is 7.33. The highest BCUT2D eigenvalue weighted by atomic mass is 14.6. The van der Waals surface area contributed by atoms with E-state index >= 15 is 0 Å². The van der Waals surface area contributed by atoms with Crippen LogP contribution in [-0.2, 0) is 0 Å². The second-order valence-electron chi connectivity index (χ2n) is 3.18. The standard InChI is InChI=1S/C11H11N/c1-8-5-9(2)11-3-4-12-7-10(11)6-8/h3-7H,1-2H3. The minimum atomic E-state index is 1.23. The quantitative estimate of drug-likeness (QED) is 0.573. The average Bonchev–Trinajstić information content (AvgIpc) is 2.04. The number of nitrogens with zero attached hydrogens (tertiary/aromatic N) is 1. The van der Waals surface area contributed by atoms with Crippen molar-refractivity contribution in [3.05, 3.63) is 41.7 Å². The summed E-state index contributed by atoms with van der Waals surface area (Å²) in [4.78, 5) is 4.10. The fourth-order valence-electron chi connectivity index (χ4n) is 1.59. The summed E-state index contributed by atoms with van der Waals surface area (Å²) in [5, 5.41) is 2.53. The predicted molar refractivity (Wildman–Crippen MR) is 51.2 cm³/mol. The van der Waals surface area contributed by atoms with Crippen LogP contribution in [0.25, 0.3) is 10.8 Å². The molecule has 0 radical (unpaired) electrons. The molecule has 0 saturated carbocycles. The molecule has 0 aliphatic rings. The first kappa shape index (κ1) is 7.29. The van der Waals surface area contributed by atoms with Crippen LogP contribution in [0.1, 0.15) is 11.1 Å². The van der Waals surface area contributed by atoms with Crippen molar-refractivity contribution in [1.82, 2.24) is 4.98 Å². The minimum Gasteiger partial charge on any atom is -0.264 e. The molecule has 60 valence electrons. The molecule has 0 amide bonds. The second-order valence-corrected chi connectivity index (χ2v) is 3.18. The van der Waals surface area contributed by atoms with Crippen molar-refractivity contribution in [2.45, 2.75) is 13.8 Å². The molecule has 0 saturated heterocycles. The third-order valence-corrected chi connectivity index (χ3v) is 2.10. The highest BCUT2D eigenvalue weighted by molar-refractivity contribution is 5.85. The lowest BCUT2D eigenvalue weighted by Crippen LogP contribution is -1.81. The molecular formula is C11H11N. The van der Waals surface area contributed by atoms with Crippen LogP contribution < -0.4 is 0 Å². The Morgan fingerprint density at radius 2 is 2.00 bits per heavy atom. The van der Waals surface area contributed by atoms with Crippen LogP contribution in [0.5, 0.6) is 0 Å². The number of hydrogen-bond acceptors (Lipinski definition) is 1. The molecule has 0 atom stereocenters. The number of fused-ring (bicyclic) bond motifs is 1. The first-order valence-electron chi connectivity index (χ1n) is 4.08. The smallest absolute Gasteiger partial charge is 0.0346 e. The topological polar surface area (TPSA) is 12.9 Å². The fraction of sp³-hybridized carbons (Fsp3) is 0.182. The van der Waals surface area contributed by atoms with Crippen molar-refractivity contribution in [2.75, 3.05) is 0 Å². The molecule has 2 aromatic rings. The van der Waals surface area contributed by atoms with Gasteiger partial charge in [0.2, 0.25) is 0 Å². The van der Waals surface area contributed by atoms with E-state index in [1.165, 1.54) is 21.9 Å². The van der Waals surface area contributed by atoms with Gasteiger partial charge >= 0.3 is 0 Å². The Labute approximate surface area is 72.1 Å². The predicted octanol–water partition coefficient (Wildman–Crippen LogP) is 2.85. The van der Waals surface area contributed by atoms with E-state index in [0.717, 1.165) is 0 Å². The van der Waals surface area contributed by atoms with E-state index in [1.807, 2.05) is 12.4 Å². The Morgan fingerprint density at radius 3 is 2.83 bits per heavy atom. The average molecular weight is 157 g/mol. The van der Waals surface area contributed by atoms with Gasteiger partial charge in [0.15, 0.2) is 0 Å². The maximum Gasteiger partial charge on any atom is 0.0346 e. The zero-order valence-electron chi connectivity index (χ0n) is 7.33. The summed E-state index contributed by atoms with van der Waals surface area (Å²) >= 11 is 0. The summed E-state index contributed by atoms with van der Waals surface area (Å²) < 4.78 is 0. The third-order valence-electron chi connectivity index (χ3n) is 2.10. The Hall–Kier alpha value is -1.37. The van der Waals surface area contributed by atoms with Crippen LogP contribution in [0.3, 0.4) is 0 Å². The normalized spacial score (nSPS) is 10.5. The molecule has 2 rings (SSSR count). The molecule has 0 spiro atoms. The Bertz CT molecular complexity index is 418. The van der Waals surface area contributed by atoms with Crippen molar-refractivity contribution in [2.24, 2.45) is 0 Å². The van der Waals surface area contributed by atoms with Gasteiger partial charge in [-0.05, 0) is 36.9 Å². The first-order chi connectivity index (χ1) is 5.77. The third kappa shape index (κ3) is 1.07. The van der Waals surface area contributed by atoms with Crippen molar-refractivity contribution < 1.29 is 0 Å². The highest BCUT2D eigenvalue weighted by Crippen LogP contribution is 2.18. The van der Waals surface area contributed by atoms with Crippen LogP contribution in [-0.4, -0.2) is 4.98 Å². The molecule has 12 heavy (non-hydrogen) atoms. The molecule has 1 aromatic carbocycles. The largest absolute Gasteiger partial charge is 0.264 e. The Balaban J connectivity index is 2.89. The van der Waals surface area contributed by atoms with Gasteiger partial charge in [0.05, 0.1) is 0 Å². The number of aromatic nitrogens is 1. The van der Waals surface area contributed by atoms with E-state index in [2.05, 4.69) is 37.0 Å². The van der Waals surface area contributed by atoms with E-state index in [9.17, 15) is 0 Å². The molecule has 0 aliphatic heterocycles. The summed E-state index contributed by atoms with van der Waals surface area (Å²) in [5.74, 6) is 0. The maximum absolute atomic E-state index is 4.10. The summed E-state index contributed by atoms with van der Waals surface area (Å²) in [6, 6.07) is 6.42. The summed E-state index contributed by atoms with van der Waals surface area (Å²) in [6.45, 7) is 4.24. The molecule has 0 N–H and O–H groups in total. The fourth-order valence-corrected chi connectivity index (χ4v) is 1.59. The molecule has 1 heterocycles. The molecule has 0 bridgehead atoms. The number of rotatable bonds is 0. The Morgan fingerprint density at radius 1 is 1.17 bits per heavy atom. The van der Waals surface area contributed by atoms with Crippen molar-refractivity contribution >= 4 is 10.8 Å². The summed E-state index contributed by atoms with van der Waals surface area (Å²) in [5.41, 5.74) is 2.63. The van der Waals surface area contributed by atoms with E-state index in [-0.39, 0.29) is 0 Å². The van der Waals surface area contributed by atoms with Gasteiger partial charge in [-0.2, -0.15) is 0 Å². The monoisotopic (exact) mass is 157 g/mol. The lowest BCUT2D eigenvalue weighted by molar-refractivity contribution is 1.34. The van der Waals surface area contributed by atoms with E-state index in [4.69, 9.17) is 0 Å². The van der Waals surface area contributed by atoms with Crippen LogP contribution in [0.4, 0.5) is 0 Å². The van der Waals surface area contributed by atoms with Crippen molar-refractivity contribution in [3.8, 4) is 0 Å². The summed E-state index contributed by atoms with van der Waals surface area (Å²) in [7, 11) is 0. The van der Waals surface area contributed by atoms with Crippen LogP contribution in [0.2, 0.25) is 0 Å². The Kier molecular flexibility index (Phi) is 1.58. The van der Waals surface area contributed by atoms with Gasteiger partial charge in [0.1, 0.15) is 0 Å². The molecule has 0 fully saturated rings. The van der Waals surface area contributed by atoms with Gasteiger partial charge in [-0.1, -0.05) is 11.6 Å². The molecule has 1 heteroatoms. The molecular weight excluding hydrogens is 146 g/mol. The molecule has 1 aromatic heterocycles. The maximum atomic E-state index is 4.10. The lowest BCUT2D eigenvalue weighted by Gasteiger charge is -2.02. The zero-order chi connectivity index (χ0) is 8.55. The van der Waals surface area contributed by atoms with Gasteiger partial charge < -0.3 is 0 Å². The van der Waals surface area contributed by atoms with Crippen LogP contribution >= 0.6 is 0 Å². The second kappa shape index (κ2) is 2.59. The van der Waals surface area contributed by atoms with Crippen molar-refractivity contribution in [3.63, 3.8) is 0 Å². The highest BCUT2D eigenvalue weighted by Gasteiger charge is 1.96. The van der Waals surface area contributed by atoms with Gasteiger partial charge in [0.25, 0.3) is 0 Å². The minimum absolute atomic E-state index is 1.23. The van der Waals surface area contributed by atoms with Crippen LogP contribution in [0, 0.1) is 13.8 Å². The van der Waals surface area contributed by atoms with E-state index < -0.39 is 0 Å². The SMILES string of the molecule is Cc1cc(C)c2ccncc2c1. The van der Waals surface area contributed by atoms with Crippen LogP contribution in [0.15, 0.2) is 30.6 Å².